The molecule has 1 N–H and O–H groups in total. The van der Waals surface area contributed by atoms with E-state index in [2.05, 4.69) is 10.1 Å². The molecule has 0 aromatic heterocycles. The maximum Gasteiger partial charge on any atom is 0.419 e. The number of nitrogens with one attached hydrogen (secondary N) is 1. The Morgan fingerprint density at radius 1 is 1.17 bits per heavy atom. The second-order valence-electron chi connectivity index (χ2n) is 7.78. The standard InChI is InChI=1S/C22H17ClF3N3O6/c1-28(11-4-10(23)5-12(6-11)34-21(25)26)22(33)35-13-7-14-15(16(24)8-13)9-29(20(14)32)17-2-3-18(30)27-19(17)31/h4-8,17,21H,2-3,9H2,1H3,(H,27,30,31). The SMILES string of the molecule is CN(C(=O)Oc1cc(F)c2c(c1)C(=O)N(C1CCC(=O)NC1=O)C2)c1cc(Cl)cc(OC(F)F)c1. The van der Waals surface area contributed by atoms with E-state index in [1.165, 1.54) is 19.2 Å². The number of hydrogen-bond donors (Lipinski definition) is 1. The molecule has 0 spiro atoms. The van der Waals surface area contributed by atoms with Gasteiger partial charge in [0.05, 0.1) is 17.8 Å². The summed E-state index contributed by atoms with van der Waals surface area (Å²) < 4.78 is 49.3. The van der Waals surface area contributed by atoms with Gasteiger partial charge < -0.3 is 14.4 Å². The molecule has 1 saturated heterocycles. The quantitative estimate of drug-likeness (QED) is 0.616. The van der Waals surface area contributed by atoms with Crippen LogP contribution >= 0.6 is 11.6 Å². The highest BCUT2D eigenvalue weighted by Crippen LogP contribution is 2.33. The number of anilines is 1. The van der Waals surface area contributed by atoms with Crippen molar-refractivity contribution in [1.82, 2.24) is 10.2 Å². The Balaban J connectivity index is 1.52. The first-order chi connectivity index (χ1) is 16.5. The number of nitrogens with zero attached hydrogens (tertiary/aromatic N) is 2. The smallest absolute Gasteiger partial charge is 0.419 e. The lowest BCUT2D eigenvalue weighted by Gasteiger charge is -2.29. The number of halogens is 4. The topological polar surface area (TPSA) is 105 Å². The van der Waals surface area contributed by atoms with Gasteiger partial charge in [-0.2, -0.15) is 8.78 Å². The highest BCUT2D eigenvalue weighted by Gasteiger charge is 2.40. The van der Waals surface area contributed by atoms with Crippen LogP contribution in [-0.4, -0.2) is 48.4 Å². The van der Waals surface area contributed by atoms with E-state index in [9.17, 15) is 32.3 Å². The predicted molar refractivity (Wildman–Crippen MR) is 115 cm³/mol. The van der Waals surface area contributed by atoms with Gasteiger partial charge in [-0.15, -0.1) is 0 Å². The van der Waals surface area contributed by atoms with Gasteiger partial charge in [-0.25, -0.2) is 9.18 Å². The van der Waals surface area contributed by atoms with Crippen LogP contribution in [0.4, 0.5) is 23.7 Å². The molecule has 1 fully saturated rings. The van der Waals surface area contributed by atoms with Crippen LogP contribution < -0.4 is 19.7 Å². The number of ether oxygens (including phenoxy) is 2. The summed E-state index contributed by atoms with van der Waals surface area (Å²) in [6.07, 6.45) is -0.876. The molecule has 0 saturated carbocycles. The van der Waals surface area contributed by atoms with Crippen LogP contribution in [0.25, 0.3) is 0 Å². The third-order valence-electron chi connectivity index (χ3n) is 5.52. The van der Waals surface area contributed by atoms with E-state index in [1.807, 2.05) is 0 Å². The number of benzene rings is 2. The summed E-state index contributed by atoms with van der Waals surface area (Å²) in [6.45, 7) is -3.29. The third-order valence-corrected chi connectivity index (χ3v) is 5.74. The Hall–Kier alpha value is -3.80. The van der Waals surface area contributed by atoms with Crippen molar-refractivity contribution >= 4 is 41.1 Å². The molecule has 0 aliphatic carbocycles. The van der Waals surface area contributed by atoms with Gasteiger partial charge in [-0.3, -0.25) is 24.6 Å². The van der Waals surface area contributed by atoms with E-state index in [-0.39, 0.29) is 52.7 Å². The van der Waals surface area contributed by atoms with Crippen molar-refractivity contribution in [3.8, 4) is 11.5 Å². The summed E-state index contributed by atoms with van der Waals surface area (Å²) in [5.41, 5.74) is -0.00750. The Bertz CT molecular complexity index is 1240. The molecular weight excluding hydrogens is 495 g/mol. The number of alkyl halides is 2. The Morgan fingerprint density at radius 2 is 1.91 bits per heavy atom. The minimum Gasteiger partial charge on any atom is -0.435 e. The van der Waals surface area contributed by atoms with Gasteiger partial charge in [-0.1, -0.05) is 11.6 Å². The average Bonchev–Trinajstić information content (AvgIpc) is 3.09. The van der Waals surface area contributed by atoms with Crippen molar-refractivity contribution in [3.63, 3.8) is 0 Å². The summed E-state index contributed by atoms with van der Waals surface area (Å²) in [4.78, 5) is 51.1. The van der Waals surface area contributed by atoms with E-state index < -0.39 is 42.3 Å². The van der Waals surface area contributed by atoms with Crippen LogP contribution in [0.1, 0.15) is 28.8 Å². The summed E-state index contributed by atoms with van der Waals surface area (Å²) in [6, 6.07) is 4.70. The van der Waals surface area contributed by atoms with E-state index in [0.717, 1.165) is 28.0 Å². The molecule has 2 aromatic carbocycles. The van der Waals surface area contributed by atoms with Crippen molar-refractivity contribution in [3.05, 3.63) is 52.3 Å². The summed E-state index contributed by atoms with van der Waals surface area (Å²) in [5.74, 6) is -3.15. The first-order valence-corrected chi connectivity index (χ1v) is 10.6. The van der Waals surface area contributed by atoms with E-state index in [1.54, 1.807) is 0 Å². The minimum absolute atomic E-state index is 0.0144. The molecule has 0 radical (unpaired) electrons. The summed E-state index contributed by atoms with van der Waals surface area (Å²) in [7, 11) is 1.26. The largest absolute Gasteiger partial charge is 0.435 e. The lowest BCUT2D eigenvalue weighted by molar-refractivity contribution is -0.136. The lowest BCUT2D eigenvalue weighted by Crippen LogP contribution is -2.52. The number of fused-ring (bicyclic) bond motifs is 1. The zero-order valence-electron chi connectivity index (χ0n) is 18.0. The van der Waals surface area contributed by atoms with Gasteiger partial charge in [0, 0.05) is 36.2 Å². The molecule has 184 valence electrons. The maximum atomic E-state index is 14.8. The highest BCUT2D eigenvalue weighted by atomic mass is 35.5. The fourth-order valence-electron chi connectivity index (χ4n) is 3.84. The van der Waals surface area contributed by atoms with Crippen molar-refractivity contribution in [2.24, 2.45) is 0 Å². The monoisotopic (exact) mass is 511 g/mol. The van der Waals surface area contributed by atoms with Crippen LogP contribution in [0.2, 0.25) is 5.02 Å². The number of carbonyl (C=O) groups is 4. The minimum atomic E-state index is -3.11. The van der Waals surface area contributed by atoms with Gasteiger partial charge >= 0.3 is 12.7 Å². The second-order valence-corrected chi connectivity index (χ2v) is 8.22. The molecule has 2 heterocycles. The van der Waals surface area contributed by atoms with Gasteiger partial charge in [0.1, 0.15) is 23.4 Å². The van der Waals surface area contributed by atoms with Crippen molar-refractivity contribution in [1.29, 1.82) is 0 Å². The maximum absolute atomic E-state index is 14.8. The third kappa shape index (κ3) is 5.02. The molecular formula is C22H17ClF3N3O6. The molecule has 2 aromatic rings. The Morgan fingerprint density at radius 3 is 2.60 bits per heavy atom. The first kappa shape index (κ1) is 24.3. The van der Waals surface area contributed by atoms with E-state index in [0.29, 0.717) is 0 Å². The molecule has 2 aliphatic rings. The number of amides is 4. The zero-order chi connectivity index (χ0) is 25.4. The zero-order valence-corrected chi connectivity index (χ0v) is 18.8. The number of hydrogen-bond acceptors (Lipinski definition) is 6. The molecule has 4 amide bonds. The van der Waals surface area contributed by atoms with Crippen molar-refractivity contribution in [2.45, 2.75) is 32.0 Å². The fourth-order valence-corrected chi connectivity index (χ4v) is 4.06. The summed E-state index contributed by atoms with van der Waals surface area (Å²) >= 11 is 5.90. The van der Waals surface area contributed by atoms with Gasteiger partial charge in [0.25, 0.3) is 5.91 Å². The van der Waals surface area contributed by atoms with Crippen LogP contribution in [0.3, 0.4) is 0 Å². The fraction of sp³-hybridized carbons (Fsp3) is 0.273. The van der Waals surface area contributed by atoms with Crippen LogP contribution in [0.5, 0.6) is 11.5 Å². The molecule has 1 atom stereocenters. The first-order valence-electron chi connectivity index (χ1n) is 10.2. The number of imide groups is 1. The second kappa shape index (κ2) is 9.45. The van der Waals surface area contributed by atoms with E-state index >= 15 is 0 Å². The molecule has 35 heavy (non-hydrogen) atoms. The number of rotatable bonds is 5. The normalized spacial score (nSPS) is 17.4. The van der Waals surface area contributed by atoms with Gasteiger partial charge in [0.2, 0.25) is 11.8 Å². The molecule has 4 rings (SSSR count). The molecule has 1 unspecified atom stereocenters. The molecule has 13 heteroatoms. The highest BCUT2D eigenvalue weighted by molar-refractivity contribution is 6.31. The number of carbonyl (C=O) groups excluding carboxylic acids is 4. The Labute approximate surface area is 201 Å². The van der Waals surface area contributed by atoms with Gasteiger partial charge in [0.15, 0.2) is 0 Å². The van der Waals surface area contributed by atoms with Gasteiger partial charge in [-0.05, 0) is 24.6 Å². The molecule has 9 nitrogen and oxygen atoms in total. The summed E-state index contributed by atoms with van der Waals surface area (Å²) in [5, 5.41) is 2.17. The average molecular weight is 512 g/mol. The number of piperidine rings is 1. The lowest BCUT2D eigenvalue weighted by atomic mass is 10.0. The van der Waals surface area contributed by atoms with E-state index in [4.69, 9.17) is 16.3 Å². The molecule has 0 bridgehead atoms. The van der Waals surface area contributed by atoms with Crippen LogP contribution in [0, 0.1) is 5.82 Å². The predicted octanol–water partition coefficient (Wildman–Crippen LogP) is 3.48. The van der Waals surface area contributed by atoms with Crippen molar-refractivity contribution < 1.29 is 41.8 Å². The molecule has 2 aliphatic heterocycles. The van der Waals surface area contributed by atoms with Crippen LogP contribution in [0.15, 0.2) is 30.3 Å². The van der Waals surface area contributed by atoms with Crippen LogP contribution in [-0.2, 0) is 16.1 Å². The van der Waals surface area contributed by atoms with Crippen molar-refractivity contribution in [2.75, 3.05) is 11.9 Å². The Kier molecular flexibility index (Phi) is 6.57.